The van der Waals surface area contributed by atoms with E-state index in [-0.39, 0.29) is 19.0 Å². The first-order chi connectivity index (χ1) is 7.31. The molecule has 0 saturated carbocycles. The Morgan fingerprint density at radius 1 is 1.47 bits per heavy atom. The predicted octanol–water partition coefficient (Wildman–Crippen LogP) is 0.0325. The highest BCUT2D eigenvalue weighted by Gasteiger charge is 1.97. The van der Waals surface area contributed by atoms with Crippen LogP contribution in [0.4, 0.5) is 0 Å². The first kappa shape index (κ1) is 13.9. The van der Waals surface area contributed by atoms with E-state index >= 15 is 0 Å². The van der Waals surface area contributed by atoms with Crippen LogP contribution in [-0.4, -0.2) is 38.8 Å². The summed E-state index contributed by atoms with van der Waals surface area (Å²) in [5.41, 5.74) is 0. The normalized spacial score (nSPS) is 9.60. The summed E-state index contributed by atoms with van der Waals surface area (Å²) >= 11 is 0. The van der Waals surface area contributed by atoms with Crippen molar-refractivity contribution < 1.29 is 9.53 Å². The lowest BCUT2D eigenvalue weighted by atomic mass is 10.4. The van der Waals surface area contributed by atoms with E-state index in [1.807, 2.05) is 6.07 Å². The number of nitriles is 1. The average molecular weight is 213 g/mol. The Hall–Kier alpha value is -1.12. The number of carbonyl (C=O) groups excluding carboxylic acids is 1. The van der Waals surface area contributed by atoms with Gasteiger partial charge in [0, 0.05) is 13.2 Å². The van der Waals surface area contributed by atoms with Crippen LogP contribution in [0.15, 0.2) is 0 Å². The molecule has 0 unspecified atom stereocenters. The molecular formula is C10H19N3O2. The molecule has 86 valence electrons. The zero-order valence-electron chi connectivity index (χ0n) is 9.21. The number of nitrogens with one attached hydrogen (secondary N) is 2. The SMILES string of the molecule is CCCCOCCNCC(=O)NCC#N. The van der Waals surface area contributed by atoms with Gasteiger partial charge in [0.15, 0.2) is 0 Å². The minimum atomic E-state index is -0.162. The van der Waals surface area contributed by atoms with Crippen molar-refractivity contribution in [2.75, 3.05) is 32.8 Å². The number of nitrogens with zero attached hydrogens (tertiary/aromatic N) is 1. The molecule has 0 saturated heterocycles. The summed E-state index contributed by atoms with van der Waals surface area (Å²) in [4.78, 5) is 11.0. The Labute approximate surface area is 90.8 Å². The fourth-order valence-electron chi connectivity index (χ4n) is 0.895. The third-order valence-corrected chi connectivity index (χ3v) is 1.72. The third-order valence-electron chi connectivity index (χ3n) is 1.72. The quantitative estimate of drug-likeness (QED) is 0.418. The topological polar surface area (TPSA) is 74.2 Å². The number of unbranched alkanes of at least 4 members (excludes halogenated alkanes) is 1. The highest BCUT2D eigenvalue weighted by atomic mass is 16.5. The van der Waals surface area contributed by atoms with Gasteiger partial charge in [-0.05, 0) is 6.42 Å². The number of hydrogen-bond donors (Lipinski definition) is 2. The molecule has 0 bridgehead atoms. The molecule has 0 rings (SSSR count). The van der Waals surface area contributed by atoms with Gasteiger partial charge in [0.2, 0.25) is 5.91 Å². The maximum absolute atomic E-state index is 11.0. The molecule has 5 nitrogen and oxygen atoms in total. The number of hydrogen-bond acceptors (Lipinski definition) is 4. The van der Waals surface area contributed by atoms with E-state index in [0.717, 1.165) is 19.4 Å². The molecule has 15 heavy (non-hydrogen) atoms. The Bertz CT molecular complexity index is 201. The van der Waals surface area contributed by atoms with Crippen LogP contribution in [0.2, 0.25) is 0 Å². The van der Waals surface area contributed by atoms with Crippen LogP contribution < -0.4 is 10.6 Å². The van der Waals surface area contributed by atoms with Crippen LogP contribution in [0.25, 0.3) is 0 Å². The van der Waals surface area contributed by atoms with E-state index in [0.29, 0.717) is 13.2 Å². The van der Waals surface area contributed by atoms with Gasteiger partial charge in [-0.15, -0.1) is 0 Å². The van der Waals surface area contributed by atoms with Crippen LogP contribution in [0.5, 0.6) is 0 Å². The Kier molecular flexibility index (Phi) is 10.1. The van der Waals surface area contributed by atoms with Crippen molar-refractivity contribution in [2.24, 2.45) is 0 Å². The molecule has 0 aromatic rings. The second kappa shape index (κ2) is 11.0. The molecule has 0 aliphatic rings. The highest BCUT2D eigenvalue weighted by molar-refractivity contribution is 5.78. The summed E-state index contributed by atoms with van der Waals surface area (Å²) in [7, 11) is 0. The van der Waals surface area contributed by atoms with E-state index in [2.05, 4.69) is 17.6 Å². The van der Waals surface area contributed by atoms with Crippen molar-refractivity contribution >= 4 is 5.91 Å². The lowest BCUT2D eigenvalue weighted by Gasteiger charge is -2.05. The van der Waals surface area contributed by atoms with Crippen molar-refractivity contribution in [3.63, 3.8) is 0 Å². The van der Waals surface area contributed by atoms with Crippen molar-refractivity contribution in [2.45, 2.75) is 19.8 Å². The number of ether oxygens (including phenoxy) is 1. The largest absolute Gasteiger partial charge is 0.380 e. The Balaban J connectivity index is 3.10. The summed E-state index contributed by atoms with van der Waals surface area (Å²) in [6, 6.07) is 1.84. The molecule has 0 fully saturated rings. The molecular weight excluding hydrogens is 194 g/mol. The van der Waals surface area contributed by atoms with Gasteiger partial charge < -0.3 is 15.4 Å². The summed E-state index contributed by atoms with van der Waals surface area (Å²) < 4.78 is 5.29. The van der Waals surface area contributed by atoms with Crippen LogP contribution in [-0.2, 0) is 9.53 Å². The van der Waals surface area contributed by atoms with Crippen molar-refractivity contribution in [3.8, 4) is 6.07 Å². The number of carbonyl (C=O) groups is 1. The van der Waals surface area contributed by atoms with E-state index in [9.17, 15) is 4.79 Å². The molecule has 0 spiro atoms. The average Bonchev–Trinajstić information content (AvgIpc) is 2.25. The Morgan fingerprint density at radius 3 is 2.93 bits per heavy atom. The molecule has 0 aromatic heterocycles. The molecule has 5 heteroatoms. The highest BCUT2D eigenvalue weighted by Crippen LogP contribution is 1.86. The number of amides is 1. The maximum atomic E-state index is 11.0. The van der Waals surface area contributed by atoms with Gasteiger partial charge in [0.1, 0.15) is 6.54 Å². The van der Waals surface area contributed by atoms with Crippen LogP contribution in [0.3, 0.4) is 0 Å². The van der Waals surface area contributed by atoms with Gasteiger partial charge in [0.05, 0.1) is 19.2 Å². The van der Waals surface area contributed by atoms with E-state index in [1.165, 1.54) is 0 Å². The van der Waals surface area contributed by atoms with Crippen LogP contribution in [0, 0.1) is 11.3 Å². The molecule has 0 atom stereocenters. The molecule has 2 N–H and O–H groups in total. The van der Waals surface area contributed by atoms with Gasteiger partial charge in [-0.3, -0.25) is 4.79 Å². The zero-order chi connectivity index (χ0) is 11.4. The molecule has 0 aliphatic heterocycles. The molecule has 0 heterocycles. The van der Waals surface area contributed by atoms with Gasteiger partial charge in [-0.2, -0.15) is 5.26 Å². The van der Waals surface area contributed by atoms with Crippen molar-refractivity contribution in [1.29, 1.82) is 5.26 Å². The lowest BCUT2D eigenvalue weighted by molar-refractivity contribution is -0.120. The molecule has 0 aliphatic carbocycles. The summed E-state index contributed by atoms with van der Waals surface area (Å²) in [5.74, 6) is -0.162. The van der Waals surface area contributed by atoms with Gasteiger partial charge >= 0.3 is 0 Å². The molecule has 0 aromatic carbocycles. The smallest absolute Gasteiger partial charge is 0.234 e. The number of rotatable bonds is 9. The molecule has 0 radical (unpaired) electrons. The molecule has 1 amide bonds. The first-order valence-electron chi connectivity index (χ1n) is 5.23. The van der Waals surface area contributed by atoms with E-state index < -0.39 is 0 Å². The summed E-state index contributed by atoms with van der Waals surface area (Å²) in [5, 5.41) is 13.6. The fraction of sp³-hybridized carbons (Fsp3) is 0.800. The summed E-state index contributed by atoms with van der Waals surface area (Å²) in [6.45, 7) is 4.46. The minimum absolute atomic E-state index is 0.0630. The first-order valence-corrected chi connectivity index (χ1v) is 5.23. The van der Waals surface area contributed by atoms with Gasteiger partial charge in [0.25, 0.3) is 0 Å². The monoisotopic (exact) mass is 213 g/mol. The zero-order valence-corrected chi connectivity index (χ0v) is 9.21. The standard InChI is InChI=1S/C10H19N3O2/c1-2-3-7-15-8-6-12-9-10(14)13-5-4-11/h12H,2-3,5-9H2,1H3,(H,13,14). The maximum Gasteiger partial charge on any atom is 0.234 e. The van der Waals surface area contributed by atoms with Crippen molar-refractivity contribution in [3.05, 3.63) is 0 Å². The third kappa shape index (κ3) is 10.8. The predicted molar refractivity (Wildman–Crippen MR) is 57.2 cm³/mol. The van der Waals surface area contributed by atoms with E-state index in [4.69, 9.17) is 10.00 Å². The van der Waals surface area contributed by atoms with Gasteiger partial charge in [-0.25, -0.2) is 0 Å². The van der Waals surface area contributed by atoms with Crippen LogP contribution in [0.1, 0.15) is 19.8 Å². The van der Waals surface area contributed by atoms with E-state index in [1.54, 1.807) is 0 Å². The second-order valence-corrected chi connectivity index (χ2v) is 3.08. The van der Waals surface area contributed by atoms with Crippen LogP contribution >= 0.6 is 0 Å². The summed E-state index contributed by atoms with van der Waals surface area (Å²) in [6.07, 6.45) is 2.20. The van der Waals surface area contributed by atoms with Gasteiger partial charge in [-0.1, -0.05) is 13.3 Å². The second-order valence-electron chi connectivity index (χ2n) is 3.08. The Morgan fingerprint density at radius 2 is 2.27 bits per heavy atom. The minimum Gasteiger partial charge on any atom is -0.380 e. The lowest BCUT2D eigenvalue weighted by Crippen LogP contribution is -2.35. The fourth-order valence-corrected chi connectivity index (χ4v) is 0.895. The van der Waals surface area contributed by atoms with Crippen molar-refractivity contribution in [1.82, 2.24) is 10.6 Å².